The van der Waals surface area contributed by atoms with Gasteiger partial charge in [-0.3, -0.25) is 0 Å². The van der Waals surface area contributed by atoms with Crippen LogP contribution in [0.2, 0.25) is 0 Å². The number of aromatic nitrogens is 2. The summed E-state index contributed by atoms with van der Waals surface area (Å²) in [6.07, 6.45) is 0.769. The lowest BCUT2D eigenvalue weighted by molar-refractivity contribution is 1.04. The van der Waals surface area contributed by atoms with Gasteiger partial charge in [-0.25, -0.2) is 4.98 Å². The van der Waals surface area contributed by atoms with E-state index in [4.69, 9.17) is 0 Å². The van der Waals surface area contributed by atoms with Crippen LogP contribution < -0.4 is 5.32 Å². The van der Waals surface area contributed by atoms with Gasteiger partial charge in [0.05, 0.1) is 0 Å². The van der Waals surface area contributed by atoms with Gasteiger partial charge in [0.2, 0.25) is 5.13 Å². The summed E-state index contributed by atoms with van der Waals surface area (Å²) < 4.78 is 4.44. The Labute approximate surface area is 135 Å². The van der Waals surface area contributed by atoms with Crippen LogP contribution in [0.5, 0.6) is 0 Å². The molecule has 1 N–H and O–H groups in total. The molecule has 1 heterocycles. The molecule has 0 fully saturated rings. The Morgan fingerprint density at radius 1 is 0.955 bits per heavy atom. The second-order valence-corrected chi connectivity index (χ2v) is 6.35. The van der Waals surface area contributed by atoms with Gasteiger partial charge in [-0.15, -0.1) is 0 Å². The van der Waals surface area contributed by atoms with Crippen molar-refractivity contribution in [1.29, 1.82) is 0 Å². The van der Waals surface area contributed by atoms with E-state index in [9.17, 15) is 0 Å². The number of hydrogen-bond acceptors (Lipinski definition) is 4. The molecule has 0 radical (unpaired) electrons. The topological polar surface area (TPSA) is 37.8 Å². The molecule has 3 rings (SSSR count). The summed E-state index contributed by atoms with van der Waals surface area (Å²) in [5, 5.41) is 4.17. The standard InChI is InChI=1S/C18H19N3S/c1-12-4-7-15(8-5-12)11-17-20-18(22-21-17)19-16-9-6-13(2)14(3)10-16/h4-10H,11H2,1-3H3,(H,19,20,21). The van der Waals surface area contributed by atoms with Gasteiger partial charge in [0.1, 0.15) is 5.82 Å². The van der Waals surface area contributed by atoms with Crippen LogP contribution in [0.25, 0.3) is 0 Å². The van der Waals surface area contributed by atoms with E-state index in [1.807, 2.05) is 0 Å². The molecule has 112 valence electrons. The SMILES string of the molecule is Cc1ccc(Cc2nsc(Nc3ccc(C)c(C)c3)n2)cc1. The Morgan fingerprint density at radius 2 is 1.73 bits per heavy atom. The zero-order chi connectivity index (χ0) is 15.5. The molecule has 0 saturated heterocycles. The molecule has 0 bridgehead atoms. The minimum absolute atomic E-state index is 0.769. The summed E-state index contributed by atoms with van der Waals surface area (Å²) in [7, 11) is 0. The summed E-state index contributed by atoms with van der Waals surface area (Å²) in [6, 6.07) is 14.8. The Kier molecular flexibility index (Phi) is 4.20. The molecule has 3 aromatic rings. The van der Waals surface area contributed by atoms with Crippen LogP contribution in [0.15, 0.2) is 42.5 Å². The van der Waals surface area contributed by atoms with Gasteiger partial charge >= 0.3 is 0 Å². The first-order valence-corrected chi connectivity index (χ1v) is 8.10. The second kappa shape index (κ2) is 6.28. The lowest BCUT2D eigenvalue weighted by Crippen LogP contribution is -1.94. The highest BCUT2D eigenvalue weighted by atomic mass is 32.1. The van der Waals surface area contributed by atoms with Gasteiger partial charge in [-0.05, 0) is 49.6 Å². The lowest BCUT2D eigenvalue weighted by atomic mass is 10.1. The van der Waals surface area contributed by atoms with E-state index in [1.54, 1.807) is 0 Å². The second-order valence-electron chi connectivity index (χ2n) is 5.60. The van der Waals surface area contributed by atoms with Crippen LogP contribution >= 0.6 is 11.5 Å². The average molecular weight is 309 g/mol. The molecule has 1 aromatic heterocycles. The third-order valence-corrected chi connectivity index (χ3v) is 4.38. The molecule has 0 unspecified atom stereocenters. The number of aryl methyl sites for hydroxylation is 3. The third kappa shape index (κ3) is 3.52. The fraction of sp³-hybridized carbons (Fsp3) is 0.222. The molecule has 2 aromatic carbocycles. The molecule has 0 spiro atoms. The van der Waals surface area contributed by atoms with Gasteiger partial charge in [0.25, 0.3) is 0 Å². The highest BCUT2D eigenvalue weighted by molar-refractivity contribution is 7.09. The fourth-order valence-corrected chi connectivity index (χ4v) is 2.81. The van der Waals surface area contributed by atoms with Crippen LogP contribution in [0.1, 0.15) is 28.1 Å². The number of benzene rings is 2. The Bertz CT molecular complexity index is 775. The smallest absolute Gasteiger partial charge is 0.207 e. The summed E-state index contributed by atoms with van der Waals surface area (Å²) in [4.78, 5) is 4.57. The number of nitrogens with zero attached hydrogens (tertiary/aromatic N) is 2. The van der Waals surface area contributed by atoms with Gasteiger partial charge in [0, 0.05) is 23.6 Å². The Hall–Kier alpha value is -2.20. The summed E-state index contributed by atoms with van der Waals surface area (Å²) in [6.45, 7) is 6.32. The van der Waals surface area contributed by atoms with Crippen molar-refractivity contribution in [2.45, 2.75) is 27.2 Å². The highest BCUT2D eigenvalue weighted by Crippen LogP contribution is 2.21. The lowest BCUT2D eigenvalue weighted by Gasteiger charge is -2.05. The van der Waals surface area contributed by atoms with Crippen molar-refractivity contribution in [2.24, 2.45) is 0 Å². The molecular weight excluding hydrogens is 290 g/mol. The van der Waals surface area contributed by atoms with E-state index in [-0.39, 0.29) is 0 Å². The molecule has 3 nitrogen and oxygen atoms in total. The zero-order valence-electron chi connectivity index (χ0n) is 13.1. The maximum atomic E-state index is 4.57. The van der Waals surface area contributed by atoms with Crippen LogP contribution in [-0.4, -0.2) is 9.36 Å². The maximum Gasteiger partial charge on any atom is 0.207 e. The van der Waals surface area contributed by atoms with Gasteiger partial charge < -0.3 is 5.32 Å². The van der Waals surface area contributed by atoms with Crippen LogP contribution in [0, 0.1) is 20.8 Å². The average Bonchev–Trinajstić information content (AvgIpc) is 2.93. The monoisotopic (exact) mass is 309 g/mol. The summed E-state index contributed by atoms with van der Waals surface area (Å²) in [5.74, 6) is 0.861. The van der Waals surface area contributed by atoms with Crippen molar-refractivity contribution in [3.63, 3.8) is 0 Å². The largest absolute Gasteiger partial charge is 0.330 e. The minimum atomic E-state index is 0.769. The van der Waals surface area contributed by atoms with Crippen molar-refractivity contribution in [3.8, 4) is 0 Å². The maximum absolute atomic E-state index is 4.57. The van der Waals surface area contributed by atoms with E-state index < -0.39 is 0 Å². The fourth-order valence-electron chi connectivity index (χ4n) is 2.21. The molecular formula is C18H19N3S. The summed E-state index contributed by atoms with van der Waals surface area (Å²) in [5.41, 5.74) is 6.13. The Morgan fingerprint density at radius 3 is 2.45 bits per heavy atom. The number of anilines is 2. The van der Waals surface area contributed by atoms with Crippen molar-refractivity contribution >= 4 is 22.4 Å². The number of rotatable bonds is 4. The van der Waals surface area contributed by atoms with Crippen LogP contribution in [-0.2, 0) is 6.42 Å². The van der Waals surface area contributed by atoms with Crippen molar-refractivity contribution < 1.29 is 0 Å². The molecule has 0 aliphatic carbocycles. The quantitative estimate of drug-likeness (QED) is 0.752. The number of hydrogen-bond donors (Lipinski definition) is 1. The van der Waals surface area contributed by atoms with E-state index >= 15 is 0 Å². The number of nitrogens with one attached hydrogen (secondary N) is 1. The van der Waals surface area contributed by atoms with E-state index in [2.05, 4.69) is 77.9 Å². The molecule has 4 heteroatoms. The van der Waals surface area contributed by atoms with Crippen LogP contribution in [0.4, 0.5) is 10.8 Å². The molecule has 22 heavy (non-hydrogen) atoms. The van der Waals surface area contributed by atoms with Gasteiger partial charge in [-0.1, -0.05) is 35.9 Å². The molecule has 0 atom stereocenters. The zero-order valence-corrected chi connectivity index (χ0v) is 13.9. The van der Waals surface area contributed by atoms with E-state index in [0.717, 1.165) is 23.1 Å². The van der Waals surface area contributed by atoms with Gasteiger partial charge in [0.15, 0.2) is 0 Å². The molecule has 0 aliphatic rings. The minimum Gasteiger partial charge on any atom is -0.330 e. The molecule has 0 saturated carbocycles. The predicted molar refractivity (Wildman–Crippen MR) is 93.1 cm³/mol. The first-order chi connectivity index (χ1) is 10.6. The normalized spacial score (nSPS) is 10.7. The van der Waals surface area contributed by atoms with Crippen molar-refractivity contribution in [1.82, 2.24) is 9.36 Å². The van der Waals surface area contributed by atoms with E-state index in [1.165, 1.54) is 33.8 Å². The first-order valence-electron chi connectivity index (χ1n) is 7.32. The summed E-state index contributed by atoms with van der Waals surface area (Å²) >= 11 is 1.40. The van der Waals surface area contributed by atoms with Crippen molar-refractivity contribution in [3.05, 3.63) is 70.5 Å². The molecule has 0 amide bonds. The third-order valence-electron chi connectivity index (χ3n) is 3.71. The molecule has 0 aliphatic heterocycles. The van der Waals surface area contributed by atoms with Crippen LogP contribution in [0.3, 0.4) is 0 Å². The highest BCUT2D eigenvalue weighted by Gasteiger charge is 2.06. The van der Waals surface area contributed by atoms with Crippen molar-refractivity contribution in [2.75, 3.05) is 5.32 Å². The van der Waals surface area contributed by atoms with E-state index in [0.29, 0.717) is 0 Å². The Balaban J connectivity index is 1.70. The van der Waals surface area contributed by atoms with Gasteiger partial charge in [-0.2, -0.15) is 4.37 Å². The first kappa shape index (κ1) is 14.7. The predicted octanol–water partition coefficient (Wildman–Crippen LogP) is 4.80.